The number of unbranched alkanes of at least 4 members (excludes halogenated alkanes) is 40. The van der Waals surface area contributed by atoms with E-state index in [0.29, 0.717) is 19.3 Å². The molecule has 8 atom stereocenters. The van der Waals surface area contributed by atoms with Gasteiger partial charge < -0.3 is 45.1 Å². The monoisotopic (exact) mass is 1120 g/mol. The van der Waals surface area contributed by atoms with E-state index in [1.807, 2.05) is 6.08 Å². The standard InChI is InChI=1S/C68H127NO10/c1-4-7-10-13-16-19-22-25-27-29-30-31-33-34-37-40-43-46-49-52-55-61(72)67(76)69-59(60(71)54-51-48-45-42-39-36-24-21-18-15-12-9-6-3)58-77-68-66(65(75)64(74)62(57-70)78-68)79-63(73)56-53-50-47-44-41-38-35-32-28-26-23-20-17-14-11-8-5-2/h17,20,26,28,51,54,59-62,64-66,68,70-72,74-75H,4-16,18-19,21-25,27,29-50,52-53,55-58H2,1-3H3,(H,69,76)/b20-17-,28-26-,54-51+. The van der Waals surface area contributed by atoms with Gasteiger partial charge >= 0.3 is 5.97 Å². The molecular weight excluding hydrogens is 991 g/mol. The van der Waals surface area contributed by atoms with E-state index < -0.39 is 67.4 Å². The minimum atomic E-state index is -1.61. The number of carbonyl (C=O) groups is 2. The van der Waals surface area contributed by atoms with Crippen LogP contribution in [0.1, 0.15) is 323 Å². The minimum absolute atomic E-state index is 0.117. The molecule has 1 saturated heterocycles. The molecule has 8 unspecified atom stereocenters. The van der Waals surface area contributed by atoms with Crippen molar-refractivity contribution in [1.29, 1.82) is 0 Å². The number of hydrogen-bond donors (Lipinski definition) is 6. The van der Waals surface area contributed by atoms with Gasteiger partial charge in [0.1, 0.15) is 24.4 Å². The molecular formula is C68H127NO10. The van der Waals surface area contributed by atoms with Gasteiger partial charge in [-0.2, -0.15) is 0 Å². The van der Waals surface area contributed by atoms with Crippen LogP contribution < -0.4 is 5.32 Å². The number of allylic oxidation sites excluding steroid dienone is 5. The molecule has 11 nitrogen and oxygen atoms in total. The predicted molar refractivity (Wildman–Crippen MR) is 329 cm³/mol. The van der Waals surface area contributed by atoms with Crippen LogP contribution in [-0.2, 0) is 23.8 Å². The molecule has 0 spiro atoms. The number of hydrogen-bond acceptors (Lipinski definition) is 10. The van der Waals surface area contributed by atoms with Crippen molar-refractivity contribution in [2.75, 3.05) is 13.2 Å². The fourth-order valence-electron chi connectivity index (χ4n) is 10.7. The minimum Gasteiger partial charge on any atom is -0.454 e. The first-order chi connectivity index (χ1) is 38.7. The van der Waals surface area contributed by atoms with Gasteiger partial charge in [0.05, 0.1) is 25.4 Å². The number of ether oxygens (including phenoxy) is 3. The summed E-state index contributed by atoms with van der Waals surface area (Å²) in [6.45, 7) is 5.80. The first kappa shape index (κ1) is 74.9. The molecule has 1 heterocycles. The van der Waals surface area contributed by atoms with Crippen molar-refractivity contribution in [3.05, 3.63) is 36.5 Å². The van der Waals surface area contributed by atoms with E-state index in [-0.39, 0.29) is 13.0 Å². The van der Waals surface area contributed by atoms with Crippen molar-refractivity contribution in [3.8, 4) is 0 Å². The average molecular weight is 1120 g/mol. The Kier molecular flexibility index (Phi) is 53.4. The van der Waals surface area contributed by atoms with Gasteiger partial charge in [-0.3, -0.25) is 9.59 Å². The third-order valence-electron chi connectivity index (χ3n) is 16.0. The van der Waals surface area contributed by atoms with Crippen molar-refractivity contribution in [2.45, 2.75) is 372 Å². The first-order valence-corrected chi connectivity index (χ1v) is 33.8. The SMILES string of the molecule is CCCCC/C=C\C/C=C\CCCCCCCCCC(=O)OC1C(OCC(NC(=O)C(O)CCCCCCCCCCCCCCCCCCCCCC)C(O)/C=C/CCCCCCCCCCCCC)OC(CO)C(O)C1O. The maximum absolute atomic E-state index is 13.5. The first-order valence-electron chi connectivity index (χ1n) is 33.8. The molecule has 0 saturated carbocycles. The topological polar surface area (TPSA) is 175 Å². The number of aliphatic hydroxyl groups excluding tert-OH is 5. The van der Waals surface area contributed by atoms with Crippen LogP contribution in [0.15, 0.2) is 36.5 Å². The summed E-state index contributed by atoms with van der Waals surface area (Å²) in [4.78, 5) is 26.6. The van der Waals surface area contributed by atoms with Crippen LogP contribution in [0.4, 0.5) is 0 Å². The molecule has 0 radical (unpaired) electrons. The number of rotatable bonds is 58. The molecule has 1 fully saturated rings. The Balaban J connectivity index is 2.63. The molecule has 0 aromatic rings. The number of nitrogens with one attached hydrogen (secondary N) is 1. The summed E-state index contributed by atoms with van der Waals surface area (Å²) in [5.41, 5.74) is 0. The lowest BCUT2D eigenvalue weighted by Gasteiger charge is -2.41. The highest BCUT2D eigenvalue weighted by atomic mass is 16.7. The molecule has 1 aliphatic heterocycles. The Hall–Kier alpha value is -2.12. The molecule has 464 valence electrons. The van der Waals surface area contributed by atoms with Crippen molar-refractivity contribution in [2.24, 2.45) is 0 Å². The highest BCUT2D eigenvalue weighted by Gasteiger charge is 2.47. The number of amides is 1. The molecule has 0 bridgehead atoms. The Morgan fingerprint density at radius 1 is 0.494 bits per heavy atom. The van der Waals surface area contributed by atoms with Gasteiger partial charge in [0.25, 0.3) is 0 Å². The van der Waals surface area contributed by atoms with E-state index in [2.05, 4.69) is 50.4 Å². The second kappa shape index (κ2) is 56.4. The van der Waals surface area contributed by atoms with Gasteiger partial charge in [0.15, 0.2) is 12.4 Å². The molecule has 79 heavy (non-hydrogen) atoms. The zero-order valence-corrected chi connectivity index (χ0v) is 51.5. The van der Waals surface area contributed by atoms with Gasteiger partial charge in [-0.05, 0) is 57.8 Å². The van der Waals surface area contributed by atoms with Gasteiger partial charge in [-0.15, -0.1) is 0 Å². The summed E-state index contributed by atoms with van der Waals surface area (Å²) in [7, 11) is 0. The van der Waals surface area contributed by atoms with Crippen molar-refractivity contribution >= 4 is 11.9 Å². The summed E-state index contributed by atoms with van der Waals surface area (Å²) >= 11 is 0. The molecule has 0 aromatic heterocycles. The largest absolute Gasteiger partial charge is 0.454 e. The average Bonchev–Trinajstić information content (AvgIpc) is 3.49. The van der Waals surface area contributed by atoms with Crippen LogP contribution in [0.3, 0.4) is 0 Å². The lowest BCUT2D eigenvalue weighted by molar-refractivity contribution is -0.305. The van der Waals surface area contributed by atoms with Crippen LogP contribution in [0, 0.1) is 0 Å². The maximum Gasteiger partial charge on any atom is 0.306 e. The Morgan fingerprint density at radius 3 is 1.32 bits per heavy atom. The molecule has 1 amide bonds. The van der Waals surface area contributed by atoms with E-state index in [4.69, 9.17) is 14.2 Å². The number of carbonyl (C=O) groups excluding carboxylic acids is 2. The maximum atomic E-state index is 13.5. The van der Waals surface area contributed by atoms with Crippen LogP contribution in [0.2, 0.25) is 0 Å². The zero-order valence-electron chi connectivity index (χ0n) is 51.5. The quantitative estimate of drug-likeness (QED) is 0.0195. The van der Waals surface area contributed by atoms with Crippen molar-refractivity contribution in [1.82, 2.24) is 5.32 Å². The smallest absolute Gasteiger partial charge is 0.306 e. The summed E-state index contributed by atoms with van der Waals surface area (Å²) in [5.74, 6) is -1.19. The molecule has 0 aromatic carbocycles. The number of aliphatic hydroxyl groups is 5. The molecule has 11 heteroatoms. The number of esters is 1. The van der Waals surface area contributed by atoms with Crippen molar-refractivity contribution in [3.63, 3.8) is 0 Å². The normalized spacial score (nSPS) is 19.0. The van der Waals surface area contributed by atoms with E-state index in [1.54, 1.807) is 6.08 Å². The second-order valence-corrected chi connectivity index (χ2v) is 23.6. The van der Waals surface area contributed by atoms with Crippen LogP contribution in [0.25, 0.3) is 0 Å². The van der Waals surface area contributed by atoms with Gasteiger partial charge in [-0.1, -0.05) is 295 Å². The Morgan fingerprint density at radius 2 is 0.873 bits per heavy atom. The summed E-state index contributed by atoms with van der Waals surface area (Å²) in [5, 5.41) is 57.1. The third kappa shape index (κ3) is 44.1. The lowest BCUT2D eigenvalue weighted by Crippen LogP contribution is -2.61. The van der Waals surface area contributed by atoms with Crippen LogP contribution in [0.5, 0.6) is 0 Å². The van der Waals surface area contributed by atoms with E-state index >= 15 is 0 Å². The fourth-order valence-corrected chi connectivity index (χ4v) is 10.7. The highest BCUT2D eigenvalue weighted by Crippen LogP contribution is 2.26. The Labute approximate surface area is 485 Å². The second-order valence-electron chi connectivity index (χ2n) is 23.6. The summed E-state index contributed by atoms with van der Waals surface area (Å²) < 4.78 is 17.7. The molecule has 0 aliphatic carbocycles. The zero-order chi connectivity index (χ0) is 57.5. The third-order valence-corrected chi connectivity index (χ3v) is 16.0. The van der Waals surface area contributed by atoms with Gasteiger partial charge in [-0.25, -0.2) is 0 Å². The molecule has 6 N–H and O–H groups in total. The van der Waals surface area contributed by atoms with Crippen molar-refractivity contribution < 1.29 is 49.3 Å². The van der Waals surface area contributed by atoms with Gasteiger partial charge in [0, 0.05) is 6.42 Å². The van der Waals surface area contributed by atoms with Crippen LogP contribution in [-0.4, -0.2) is 99.6 Å². The summed E-state index contributed by atoms with van der Waals surface area (Å²) in [6.07, 6.45) is 57.5. The highest BCUT2D eigenvalue weighted by molar-refractivity contribution is 5.80. The fraction of sp³-hybridized carbons (Fsp3) is 0.882. The van der Waals surface area contributed by atoms with Gasteiger partial charge in [0.2, 0.25) is 5.91 Å². The van der Waals surface area contributed by atoms with E-state index in [9.17, 15) is 35.1 Å². The molecule has 1 aliphatic rings. The van der Waals surface area contributed by atoms with E-state index in [1.165, 1.54) is 199 Å². The Bertz CT molecular complexity index is 1420. The van der Waals surface area contributed by atoms with E-state index in [0.717, 1.165) is 77.0 Å². The molecule has 1 rings (SSSR count). The lowest BCUT2D eigenvalue weighted by atomic mass is 9.99. The predicted octanol–water partition coefficient (Wildman–Crippen LogP) is 16.6. The van der Waals surface area contributed by atoms with Crippen LogP contribution >= 0.6 is 0 Å². The summed E-state index contributed by atoms with van der Waals surface area (Å²) in [6, 6.07) is -1.02.